The number of carbonyl (C=O) groups is 1. The summed E-state index contributed by atoms with van der Waals surface area (Å²) in [4.78, 5) is 14.5. The zero-order valence-corrected chi connectivity index (χ0v) is 11.1. The third-order valence-electron chi connectivity index (χ3n) is 3.90. The highest BCUT2D eigenvalue weighted by Gasteiger charge is 2.33. The first-order valence-corrected chi connectivity index (χ1v) is 6.73. The van der Waals surface area contributed by atoms with Crippen LogP contribution in [0.4, 0.5) is 0 Å². The van der Waals surface area contributed by atoms with Crippen molar-refractivity contribution < 1.29 is 9.53 Å². The van der Waals surface area contributed by atoms with Crippen molar-refractivity contribution in [3.05, 3.63) is 0 Å². The fraction of sp³-hybridized carbons (Fsp3) is 0.923. The van der Waals surface area contributed by atoms with Gasteiger partial charge >= 0.3 is 0 Å². The van der Waals surface area contributed by atoms with Gasteiger partial charge in [0.25, 0.3) is 0 Å². The lowest BCUT2D eigenvalue weighted by atomic mass is 9.93. The van der Waals surface area contributed by atoms with E-state index in [4.69, 9.17) is 4.74 Å². The van der Waals surface area contributed by atoms with Crippen molar-refractivity contribution in [3.63, 3.8) is 0 Å². The third-order valence-corrected chi connectivity index (χ3v) is 3.90. The zero-order valence-electron chi connectivity index (χ0n) is 11.1. The molecule has 0 aliphatic carbocycles. The maximum atomic E-state index is 12.4. The summed E-state index contributed by atoms with van der Waals surface area (Å²) < 4.78 is 5.57. The van der Waals surface area contributed by atoms with E-state index < -0.39 is 0 Å². The SMILES string of the molecule is CC1CCC(C(=O)N2CC(C)OCC2C)CN1. The van der Waals surface area contributed by atoms with Crippen LogP contribution >= 0.6 is 0 Å². The van der Waals surface area contributed by atoms with E-state index in [0.717, 1.165) is 25.9 Å². The van der Waals surface area contributed by atoms with Gasteiger partial charge in [0.1, 0.15) is 0 Å². The second-order valence-electron chi connectivity index (χ2n) is 5.57. The van der Waals surface area contributed by atoms with Gasteiger partial charge in [0.05, 0.1) is 24.7 Å². The molecule has 0 aromatic rings. The molecule has 2 saturated heterocycles. The predicted octanol–water partition coefficient (Wildman–Crippen LogP) is 1.01. The molecule has 2 aliphatic heterocycles. The second-order valence-corrected chi connectivity index (χ2v) is 5.57. The van der Waals surface area contributed by atoms with Crippen LogP contribution in [0.2, 0.25) is 0 Å². The second kappa shape index (κ2) is 5.36. The van der Waals surface area contributed by atoms with Gasteiger partial charge in [0.2, 0.25) is 5.91 Å². The fourth-order valence-corrected chi connectivity index (χ4v) is 2.65. The summed E-state index contributed by atoms with van der Waals surface area (Å²) in [6, 6.07) is 0.776. The molecule has 0 saturated carbocycles. The summed E-state index contributed by atoms with van der Waals surface area (Å²) in [5.41, 5.74) is 0. The van der Waals surface area contributed by atoms with Crippen LogP contribution in [0.15, 0.2) is 0 Å². The first-order chi connectivity index (χ1) is 8.08. The molecule has 0 aromatic heterocycles. The number of nitrogens with one attached hydrogen (secondary N) is 1. The summed E-state index contributed by atoms with van der Waals surface area (Å²) in [5.74, 6) is 0.478. The highest BCUT2D eigenvalue weighted by atomic mass is 16.5. The Morgan fingerprint density at radius 2 is 2.06 bits per heavy atom. The summed E-state index contributed by atoms with van der Waals surface area (Å²) in [7, 11) is 0. The lowest BCUT2D eigenvalue weighted by Gasteiger charge is -2.40. The Balaban J connectivity index is 1.94. The van der Waals surface area contributed by atoms with Crippen molar-refractivity contribution in [3.8, 4) is 0 Å². The number of nitrogens with zero attached hydrogens (tertiary/aromatic N) is 1. The zero-order chi connectivity index (χ0) is 12.4. The average molecular weight is 240 g/mol. The Labute approximate surface area is 104 Å². The van der Waals surface area contributed by atoms with E-state index in [0.29, 0.717) is 18.6 Å². The summed E-state index contributed by atoms with van der Waals surface area (Å²) in [6.07, 6.45) is 2.29. The summed E-state index contributed by atoms with van der Waals surface area (Å²) >= 11 is 0. The fourth-order valence-electron chi connectivity index (χ4n) is 2.65. The first-order valence-electron chi connectivity index (χ1n) is 6.73. The van der Waals surface area contributed by atoms with Crippen LogP contribution in [0, 0.1) is 5.92 Å². The van der Waals surface area contributed by atoms with Gasteiger partial charge in [-0.15, -0.1) is 0 Å². The molecule has 4 heteroatoms. The number of ether oxygens (including phenoxy) is 1. The molecule has 2 aliphatic rings. The van der Waals surface area contributed by atoms with E-state index in [2.05, 4.69) is 19.2 Å². The van der Waals surface area contributed by atoms with Gasteiger partial charge in [-0.05, 0) is 33.6 Å². The van der Waals surface area contributed by atoms with Crippen molar-refractivity contribution in [2.24, 2.45) is 5.92 Å². The van der Waals surface area contributed by atoms with Crippen LogP contribution in [0.1, 0.15) is 33.6 Å². The van der Waals surface area contributed by atoms with Gasteiger partial charge in [-0.1, -0.05) is 0 Å². The molecule has 1 N–H and O–H groups in total. The van der Waals surface area contributed by atoms with Gasteiger partial charge in [0.15, 0.2) is 0 Å². The highest BCUT2D eigenvalue weighted by molar-refractivity contribution is 5.79. The van der Waals surface area contributed by atoms with Crippen molar-refractivity contribution in [1.29, 1.82) is 0 Å². The molecule has 4 nitrogen and oxygen atoms in total. The van der Waals surface area contributed by atoms with E-state index in [9.17, 15) is 4.79 Å². The van der Waals surface area contributed by atoms with E-state index in [1.807, 2.05) is 11.8 Å². The average Bonchev–Trinajstić information content (AvgIpc) is 2.32. The molecule has 0 aromatic carbocycles. The van der Waals surface area contributed by atoms with Crippen LogP contribution in [0.5, 0.6) is 0 Å². The highest BCUT2D eigenvalue weighted by Crippen LogP contribution is 2.20. The van der Waals surface area contributed by atoms with Crippen LogP contribution in [0.3, 0.4) is 0 Å². The van der Waals surface area contributed by atoms with Crippen molar-refractivity contribution in [2.45, 2.75) is 51.8 Å². The molecular formula is C13H24N2O2. The standard InChI is InChI=1S/C13H24N2O2/c1-9-4-5-12(6-14-9)13(16)15-7-11(3)17-8-10(15)2/h9-12,14H,4-8H2,1-3H3. The minimum atomic E-state index is 0.166. The van der Waals surface area contributed by atoms with E-state index in [1.165, 1.54) is 0 Å². The number of rotatable bonds is 1. The largest absolute Gasteiger partial charge is 0.375 e. The van der Waals surface area contributed by atoms with Crippen LogP contribution in [-0.4, -0.2) is 48.7 Å². The number of piperidine rings is 1. The van der Waals surface area contributed by atoms with Crippen molar-refractivity contribution in [2.75, 3.05) is 19.7 Å². The summed E-state index contributed by atoms with van der Waals surface area (Å²) in [5, 5.41) is 3.40. The number of amides is 1. The van der Waals surface area contributed by atoms with E-state index in [-0.39, 0.29) is 18.1 Å². The lowest BCUT2D eigenvalue weighted by molar-refractivity contribution is -0.148. The molecule has 0 radical (unpaired) electrons. The Morgan fingerprint density at radius 1 is 1.29 bits per heavy atom. The monoisotopic (exact) mass is 240 g/mol. The summed E-state index contributed by atoms with van der Waals surface area (Å²) in [6.45, 7) is 8.53. The van der Waals surface area contributed by atoms with Gasteiger partial charge in [-0.25, -0.2) is 0 Å². The Bertz CT molecular complexity index is 275. The molecule has 0 bridgehead atoms. The quantitative estimate of drug-likeness (QED) is 0.744. The van der Waals surface area contributed by atoms with E-state index in [1.54, 1.807) is 0 Å². The van der Waals surface area contributed by atoms with Gasteiger partial charge in [-0.3, -0.25) is 4.79 Å². The minimum absolute atomic E-state index is 0.166. The van der Waals surface area contributed by atoms with Crippen LogP contribution in [0.25, 0.3) is 0 Å². The number of hydrogen-bond donors (Lipinski definition) is 1. The maximum Gasteiger partial charge on any atom is 0.227 e. The number of morpholine rings is 1. The van der Waals surface area contributed by atoms with Gasteiger partial charge in [-0.2, -0.15) is 0 Å². The molecule has 4 atom stereocenters. The molecular weight excluding hydrogens is 216 g/mol. The van der Waals surface area contributed by atoms with Gasteiger partial charge in [0, 0.05) is 19.1 Å². The van der Waals surface area contributed by atoms with Crippen LogP contribution in [-0.2, 0) is 9.53 Å². The van der Waals surface area contributed by atoms with Crippen molar-refractivity contribution in [1.82, 2.24) is 10.2 Å². The lowest BCUT2D eigenvalue weighted by Crippen LogP contribution is -2.54. The molecule has 2 fully saturated rings. The topological polar surface area (TPSA) is 41.6 Å². The molecule has 1 amide bonds. The Morgan fingerprint density at radius 3 is 2.71 bits per heavy atom. The Hall–Kier alpha value is -0.610. The van der Waals surface area contributed by atoms with E-state index >= 15 is 0 Å². The third kappa shape index (κ3) is 2.99. The number of carbonyl (C=O) groups excluding carboxylic acids is 1. The van der Waals surface area contributed by atoms with Gasteiger partial charge < -0.3 is 15.0 Å². The molecule has 98 valence electrons. The smallest absolute Gasteiger partial charge is 0.227 e. The molecule has 17 heavy (non-hydrogen) atoms. The van der Waals surface area contributed by atoms with Crippen LogP contribution < -0.4 is 5.32 Å². The Kier molecular flexibility index (Phi) is 4.05. The predicted molar refractivity (Wildman–Crippen MR) is 66.8 cm³/mol. The number of hydrogen-bond acceptors (Lipinski definition) is 3. The molecule has 2 heterocycles. The maximum absolute atomic E-state index is 12.4. The molecule has 4 unspecified atom stereocenters. The normalized spacial score (nSPS) is 39.1. The first kappa shape index (κ1) is 12.8. The molecule has 0 spiro atoms. The minimum Gasteiger partial charge on any atom is -0.375 e. The van der Waals surface area contributed by atoms with Crippen molar-refractivity contribution >= 4 is 5.91 Å². The molecule has 2 rings (SSSR count).